The first-order chi connectivity index (χ1) is 25.6. The third-order valence-electron chi connectivity index (χ3n) is 7.86. The molecule has 53 heavy (non-hydrogen) atoms. The van der Waals surface area contributed by atoms with Gasteiger partial charge in [-0.3, -0.25) is 9.59 Å². The molecule has 4 aromatic rings. The summed E-state index contributed by atoms with van der Waals surface area (Å²) >= 11 is 15.7. The van der Waals surface area contributed by atoms with Crippen LogP contribution in [0.3, 0.4) is 0 Å². The Labute approximate surface area is 349 Å². The average molecular weight is 988 g/mol. The molecule has 0 bridgehead atoms. The fraction of sp³-hybridized carbons (Fsp3) is 0.150. The molecule has 2 aliphatic carbocycles. The van der Waals surface area contributed by atoms with Crippen LogP contribution in [0.25, 0.3) is 24.3 Å². The van der Waals surface area contributed by atoms with Crippen molar-refractivity contribution in [3.63, 3.8) is 0 Å². The first kappa shape index (κ1) is 43.9. The minimum atomic E-state index is 0.0736. The number of carbonyl (C=O) groups is 2. The number of ketones is 2. The topological polar surface area (TPSA) is 83.4 Å². The van der Waals surface area contributed by atoms with Gasteiger partial charge in [0.25, 0.3) is 0 Å². The third-order valence-corrected chi connectivity index (χ3v) is 9.31. The van der Waals surface area contributed by atoms with Crippen LogP contribution in [0, 0.1) is 0 Å². The van der Waals surface area contributed by atoms with Crippen molar-refractivity contribution < 1.29 is 28.5 Å². The molecule has 0 atom stereocenters. The van der Waals surface area contributed by atoms with Crippen molar-refractivity contribution >= 4 is 116 Å². The zero-order valence-electron chi connectivity index (χ0n) is 29.2. The number of thiol groups is 1. The number of hydrogen-bond acceptors (Lipinski definition) is 8. The summed E-state index contributed by atoms with van der Waals surface area (Å²) in [6.45, 7) is 0. The molecule has 1 radical (unpaired) electrons. The van der Waals surface area contributed by atoms with Crippen molar-refractivity contribution in [3.8, 4) is 23.0 Å². The van der Waals surface area contributed by atoms with Crippen LogP contribution in [0.1, 0.15) is 35.1 Å². The summed E-state index contributed by atoms with van der Waals surface area (Å²) in [5.74, 6) is 3.28. The number of carbonyl (C=O) groups excluding carboxylic acids is 2. The molecule has 2 saturated carbocycles. The maximum absolute atomic E-state index is 12.5. The molecule has 7 nitrogen and oxygen atoms in total. The number of nitrogens with zero attached hydrogens (tertiary/aromatic N) is 1. The van der Waals surface area contributed by atoms with Gasteiger partial charge in [-0.2, -0.15) is 0 Å². The van der Waals surface area contributed by atoms with Crippen LogP contribution >= 0.6 is 72.9 Å². The standard InChI is InChI=1S/C20H16Br2O3.C20H18O3.BHNS.Br2/c1-24-16-3-5-18(21)12(10-16)7-14-9-15(20(14)23)8-13-11-17(25-2)4-6-19(13)22;1-22-18-7-3-5-14(11-18)9-16-13-17(20(16)21)10-15-6-4-8-19(12-15)23-2;1-2-3;1-2/h3-8,10-11H,9H2,1-2H3;3-12H,13H2,1-2H3;3H;/b14-7+,15-8+;16-9+,17-10+;;. The molecular formula is C40H35BBr4NO6S. The monoisotopic (exact) mass is 984 g/mol. The van der Waals surface area contributed by atoms with Gasteiger partial charge >= 0.3 is 24.8 Å². The summed E-state index contributed by atoms with van der Waals surface area (Å²) in [5, 5.41) is 0. The van der Waals surface area contributed by atoms with E-state index >= 15 is 0 Å². The van der Waals surface area contributed by atoms with Crippen LogP contribution < -0.4 is 18.9 Å². The van der Waals surface area contributed by atoms with Crippen LogP contribution in [0.5, 0.6) is 23.0 Å². The summed E-state index contributed by atoms with van der Waals surface area (Å²) in [4.78, 5) is 24.8. The van der Waals surface area contributed by atoms with Gasteiger partial charge in [-0.05, 0) is 107 Å². The molecule has 0 saturated heterocycles. The van der Waals surface area contributed by atoms with E-state index in [-0.39, 0.29) is 11.6 Å². The number of Topliss-reactive ketones (excluding diaryl/α,β-unsaturated/α-hetero) is 2. The van der Waals surface area contributed by atoms with Gasteiger partial charge in [0.15, 0.2) is 11.6 Å². The van der Waals surface area contributed by atoms with E-state index in [1.165, 1.54) is 0 Å². The van der Waals surface area contributed by atoms with E-state index in [0.29, 0.717) is 12.8 Å². The van der Waals surface area contributed by atoms with Crippen molar-refractivity contribution in [2.75, 3.05) is 28.4 Å². The minimum absolute atomic E-state index is 0.0736. The molecule has 0 aromatic heterocycles. The van der Waals surface area contributed by atoms with Crippen LogP contribution in [0.4, 0.5) is 0 Å². The Balaban J connectivity index is 0.000000255. The predicted molar refractivity (Wildman–Crippen MR) is 234 cm³/mol. The van der Waals surface area contributed by atoms with Crippen molar-refractivity contribution in [2.45, 2.75) is 12.8 Å². The van der Waals surface area contributed by atoms with Gasteiger partial charge in [0.2, 0.25) is 0 Å². The number of allylic oxidation sites excluding steroid dienone is 4. The molecule has 0 unspecified atom stereocenters. The molecule has 0 spiro atoms. The van der Waals surface area contributed by atoms with Gasteiger partial charge in [-0.15, -0.1) is 0 Å². The summed E-state index contributed by atoms with van der Waals surface area (Å²) in [6.07, 6.45) is 9.00. The van der Waals surface area contributed by atoms with Crippen LogP contribution in [-0.2, 0) is 9.59 Å². The molecule has 13 heteroatoms. The Morgan fingerprint density at radius 3 is 1.21 bits per heavy atom. The predicted octanol–water partition coefficient (Wildman–Crippen LogP) is 11.7. The van der Waals surface area contributed by atoms with Gasteiger partial charge in [-0.25, -0.2) is 0 Å². The van der Waals surface area contributed by atoms with Gasteiger partial charge in [0.05, 0.1) is 28.4 Å². The Kier molecular flexibility index (Phi) is 18.8. The number of halogens is 4. The molecule has 6 rings (SSSR count). The van der Waals surface area contributed by atoms with Crippen molar-refractivity contribution in [3.05, 3.63) is 138 Å². The first-order valence-corrected chi connectivity index (χ1v) is 21.4. The number of rotatable bonds is 8. The summed E-state index contributed by atoms with van der Waals surface area (Å²) < 4.78 is 25.4. The molecule has 0 aliphatic heterocycles. The van der Waals surface area contributed by atoms with Gasteiger partial charge in [0.1, 0.15) is 23.0 Å². The molecule has 273 valence electrons. The molecule has 0 amide bonds. The second kappa shape index (κ2) is 22.7. The molecule has 4 aromatic carbocycles. The van der Waals surface area contributed by atoms with Crippen LogP contribution in [0.15, 0.2) is 120 Å². The van der Waals surface area contributed by atoms with E-state index < -0.39 is 0 Å². The second-order valence-electron chi connectivity index (χ2n) is 11.1. The molecular weight excluding hydrogens is 953 g/mol. The van der Waals surface area contributed by atoms with E-state index in [2.05, 4.69) is 84.9 Å². The molecule has 2 aliphatic rings. The van der Waals surface area contributed by atoms with Crippen molar-refractivity contribution in [1.29, 1.82) is 0 Å². The van der Waals surface area contributed by atoms with Crippen LogP contribution in [-0.4, -0.2) is 47.6 Å². The first-order valence-electron chi connectivity index (χ1n) is 15.7. The fourth-order valence-corrected chi connectivity index (χ4v) is 5.88. The van der Waals surface area contributed by atoms with E-state index in [9.17, 15) is 9.59 Å². The fourth-order valence-electron chi connectivity index (χ4n) is 5.16. The maximum atomic E-state index is 12.5. The second-order valence-corrected chi connectivity index (χ2v) is 13.1. The normalized spacial score (nSPS) is 15.8. The van der Waals surface area contributed by atoms with Crippen molar-refractivity contribution in [1.82, 2.24) is 0 Å². The van der Waals surface area contributed by atoms with Gasteiger partial charge in [0, 0.05) is 72.3 Å². The van der Waals surface area contributed by atoms with E-state index in [1.54, 1.807) is 28.4 Å². The van der Waals surface area contributed by atoms with Gasteiger partial charge in [-0.1, -0.05) is 56.1 Å². The Hall–Kier alpha value is -3.49. The Morgan fingerprint density at radius 1 is 0.566 bits per heavy atom. The van der Waals surface area contributed by atoms with E-state index in [4.69, 9.17) is 18.9 Å². The number of hydrogen-bond donors (Lipinski definition) is 1. The summed E-state index contributed by atoms with van der Waals surface area (Å²) in [5.41, 5.74) is 7.06. The quantitative estimate of drug-likeness (QED) is 0.108. The van der Waals surface area contributed by atoms with E-state index in [0.717, 1.165) is 76.5 Å². The zero-order chi connectivity index (χ0) is 38.9. The van der Waals surface area contributed by atoms with E-state index in [1.807, 2.05) is 109 Å². The Morgan fingerprint density at radius 2 is 0.887 bits per heavy atom. The molecule has 2 fully saturated rings. The summed E-state index contributed by atoms with van der Waals surface area (Å²) in [6, 6.07) is 26.8. The molecule has 0 N–H and O–H groups in total. The van der Waals surface area contributed by atoms with Gasteiger partial charge < -0.3 is 18.9 Å². The zero-order valence-corrected chi connectivity index (χ0v) is 36.5. The Bertz CT molecular complexity index is 1930. The van der Waals surface area contributed by atoms with Crippen molar-refractivity contribution in [2.24, 2.45) is 4.30 Å². The number of ether oxygens (including phenoxy) is 4. The number of benzene rings is 4. The van der Waals surface area contributed by atoms with Crippen LogP contribution in [0.2, 0.25) is 0 Å². The SMILES string of the molecule is BrBr.COc1ccc(Br)c(/C=C2\C/C(=C\c3cc(OC)ccc3Br)C2=O)c1.COc1cccc(/C=C2\C/C(=C\c3cccc(OC)c3)C2=O)c1.[B]=NS. The number of methoxy groups -OCH3 is 4. The average Bonchev–Trinajstić information content (AvgIpc) is 3.19. The molecule has 0 heterocycles. The third kappa shape index (κ3) is 12.8. The summed E-state index contributed by atoms with van der Waals surface area (Å²) in [7, 11) is 10.9.